The molecule has 1 atom stereocenters. The summed E-state index contributed by atoms with van der Waals surface area (Å²) >= 11 is 2.23. The van der Waals surface area contributed by atoms with Gasteiger partial charge in [0.15, 0.2) is 0 Å². The van der Waals surface area contributed by atoms with Gasteiger partial charge in [-0.3, -0.25) is 5.84 Å². The molecular weight excluding hydrogens is 263 g/mol. The molecule has 0 amide bonds. The van der Waals surface area contributed by atoms with Crippen LogP contribution in [0.15, 0.2) is 24.3 Å². The topological polar surface area (TPSA) is 38.0 Å². The normalized spacial score (nSPS) is 12.1. The lowest BCUT2D eigenvalue weighted by Crippen LogP contribution is -2.27. The fourth-order valence-electron chi connectivity index (χ4n) is 0.937. The van der Waals surface area contributed by atoms with Crippen molar-refractivity contribution in [2.45, 2.75) is 6.04 Å². The quantitative estimate of drug-likeness (QED) is 0.370. The van der Waals surface area contributed by atoms with Gasteiger partial charge in [0.05, 0.1) is 0 Å². The summed E-state index contributed by atoms with van der Waals surface area (Å²) in [6, 6.07) is 7.68. The predicted molar refractivity (Wildman–Crippen MR) is 58.1 cm³/mol. The van der Waals surface area contributed by atoms with Crippen LogP contribution in [0.5, 0.6) is 0 Å². The Bertz CT molecular complexity index is 304. The standard InChI is InChI=1S/C9H9IN2/c1-2-9(12-11)7-5-3-4-6-8(7)10/h1,3-6,9,12H,11H2. The van der Waals surface area contributed by atoms with E-state index in [-0.39, 0.29) is 6.04 Å². The van der Waals surface area contributed by atoms with Gasteiger partial charge in [-0.2, -0.15) is 0 Å². The second kappa shape index (κ2) is 4.45. The van der Waals surface area contributed by atoms with E-state index in [9.17, 15) is 0 Å². The Morgan fingerprint density at radius 2 is 2.17 bits per heavy atom. The number of hydrazine groups is 1. The van der Waals surface area contributed by atoms with Crippen molar-refractivity contribution in [3.05, 3.63) is 33.4 Å². The first-order chi connectivity index (χ1) is 5.79. The molecule has 12 heavy (non-hydrogen) atoms. The number of halogens is 1. The van der Waals surface area contributed by atoms with Crippen LogP contribution in [0.1, 0.15) is 11.6 Å². The van der Waals surface area contributed by atoms with Gasteiger partial charge in [0.1, 0.15) is 6.04 Å². The number of rotatable bonds is 2. The van der Waals surface area contributed by atoms with Gasteiger partial charge < -0.3 is 0 Å². The van der Waals surface area contributed by atoms with E-state index in [2.05, 4.69) is 33.9 Å². The smallest absolute Gasteiger partial charge is 0.107 e. The van der Waals surface area contributed by atoms with E-state index in [0.29, 0.717) is 0 Å². The molecule has 1 unspecified atom stereocenters. The van der Waals surface area contributed by atoms with Crippen LogP contribution in [0.4, 0.5) is 0 Å². The highest BCUT2D eigenvalue weighted by Gasteiger charge is 2.07. The van der Waals surface area contributed by atoms with Crippen molar-refractivity contribution in [1.82, 2.24) is 5.43 Å². The van der Waals surface area contributed by atoms with Gasteiger partial charge in [-0.25, -0.2) is 5.43 Å². The molecule has 0 aliphatic rings. The average Bonchev–Trinajstić information content (AvgIpc) is 2.10. The van der Waals surface area contributed by atoms with Crippen LogP contribution < -0.4 is 11.3 Å². The number of terminal acetylenes is 1. The average molecular weight is 272 g/mol. The predicted octanol–water partition coefficient (Wildman–Crippen LogP) is 1.43. The Kier molecular flexibility index (Phi) is 3.53. The van der Waals surface area contributed by atoms with Crippen LogP contribution in [0.3, 0.4) is 0 Å². The largest absolute Gasteiger partial charge is 0.270 e. The number of benzene rings is 1. The molecule has 1 aromatic carbocycles. The summed E-state index contributed by atoms with van der Waals surface area (Å²) in [5, 5.41) is 0. The lowest BCUT2D eigenvalue weighted by atomic mass is 10.1. The molecule has 0 spiro atoms. The van der Waals surface area contributed by atoms with Crippen LogP contribution in [-0.2, 0) is 0 Å². The fraction of sp³-hybridized carbons (Fsp3) is 0.111. The van der Waals surface area contributed by atoms with Crippen molar-refractivity contribution < 1.29 is 0 Å². The first kappa shape index (κ1) is 9.52. The van der Waals surface area contributed by atoms with Crippen LogP contribution >= 0.6 is 22.6 Å². The van der Waals surface area contributed by atoms with E-state index in [4.69, 9.17) is 12.3 Å². The molecule has 0 saturated heterocycles. The van der Waals surface area contributed by atoms with Gasteiger partial charge in [-0.1, -0.05) is 24.1 Å². The number of nitrogens with two attached hydrogens (primary N) is 1. The Hall–Kier alpha value is -0.570. The van der Waals surface area contributed by atoms with Crippen molar-refractivity contribution >= 4 is 22.6 Å². The molecule has 0 aliphatic carbocycles. The third-order valence-electron chi connectivity index (χ3n) is 1.55. The molecule has 0 saturated carbocycles. The molecule has 0 aromatic heterocycles. The molecule has 62 valence electrons. The lowest BCUT2D eigenvalue weighted by molar-refractivity contribution is 0.671. The molecule has 0 aliphatic heterocycles. The monoisotopic (exact) mass is 272 g/mol. The molecule has 0 bridgehead atoms. The third-order valence-corrected chi connectivity index (χ3v) is 2.53. The lowest BCUT2D eigenvalue weighted by Gasteiger charge is -2.10. The zero-order valence-electron chi connectivity index (χ0n) is 6.42. The molecule has 1 aromatic rings. The molecule has 0 radical (unpaired) electrons. The van der Waals surface area contributed by atoms with Crippen LogP contribution in [0, 0.1) is 15.9 Å². The highest BCUT2D eigenvalue weighted by atomic mass is 127. The molecule has 0 heterocycles. The highest BCUT2D eigenvalue weighted by Crippen LogP contribution is 2.18. The van der Waals surface area contributed by atoms with E-state index in [0.717, 1.165) is 9.13 Å². The molecule has 0 fully saturated rings. The van der Waals surface area contributed by atoms with Gasteiger partial charge in [-0.05, 0) is 34.2 Å². The van der Waals surface area contributed by atoms with E-state index in [1.165, 1.54) is 0 Å². The summed E-state index contributed by atoms with van der Waals surface area (Å²) < 4.78 is 1.12. The minimum absolute atomic E-state index is 0.196. The maximum atomic E-state index is 5.29. The van der Waals surface area contributed by atoms with Crippen LogP contribution in [0.2, 0.25) is 0 Å². The van der Waals surface area contributed by atoms with Gasteiger partial charge in [0.2, 0.25) is 0 Å². The summed E-state index contributed by atoms with van der Waals surface area (Å²) in [6.45, 7) is 0. The molecule has 3 heteroatoms. The van der Waals surface area contributed by atoms with E-state index >= 15 is 0 Å². The second-order valence-corrected chi connectivity index (χ2v) is 3.45. The fourth-order valence-corrected chi connectivity index (χ4v) is 1.64. The van der Waals surface area contributed by atoms with E-state index < -0.39 is 0 Å². The first-order valence-corrected chi connectivity index (χ1v) is 4.54. The maximum absolute atomic E-state index is 5.29. The molecule has 1 rings (SSSR count). The molecular formula is C9H9IN2. The van der Waals surface area contributed by atoms with Crippen molar-refractivity contribution in [3.8, 4) is 12.3 Å². The minimum Gasteiger partial charge on any atom is -0.270 e. The Balaban J connectivity index is 3.02. The summed E-state index contributed by atoms with van der Waals surface area (Å²) in [5.74, 6) is 7.86. The molecule has 3 N–H and O–H groups in total. The maximum Gasteiger partial charge on any atom is 0.107 e. The zero-order chi connectivity index (χ0) is 8.97. The SMILES string of the molecule is C#CC(NN)c1ccccc1I. The number of hydrogen-bond acceptors (Lipinski definition) is 2. The highest BCUT2D eigenvalue weighted by molar-refractivity contribution is 14.1. The third kappa shape index (κ3) is 1.97. The number of nitrogens with one attached hydrogen (secondary N) is 1. The Morgan fingerprint density at radius 1 is 1.50 bits per heavy atom. The number of hydrogen-bond donors (Lipinski definition) is 2. The zero-order valence-corrected chi connectivity index (χ0v) is 8.58. The Morgan fingerprint density at radius 3 is 2.67 bits per heavy atom. The van der Waals surface area contributed by atoms with Crippen molar-refractivity contribution in [3.63, 3.8) is 0 Å². The second-order valence-electron chi connectivity index (χ2n) is 2.29. The van der Waals surface area contributed by atoms with Gasteiger partial charge >= 0.3 is 0 Å². The molecule has 2 nitrogen and oxygen atoms in total. The van der Waals surface area contributed by atoms with Gasteiger partial charge in [0, 0.05) is 3.57 Å². The van der Waals surface area contributed by atoms with Gasteiger partial charge in [-0.15, -0.1) is 6.42 Å². The van der Waals surface area contributed by atoms with Crippen molar-refractivity contribution in [2.24, 2.45) is 5.84 Å². The summed E-state index contributed by atoms with van der Waals surface area (Å²) in [5.41, 5.74) is 3.61. The van der Waals surface area contributed by atoms with E-state index in [1.54, 1.807) is 0 Å². The van der Waals surface area contributed by atoms with Crippen molar-refractivity contribution in [1.29, 1.82) is 0 Å². The van der Waals surface area contributed by atoms with Crippen molar-refractivity contribution in [2.75, 3.05) is 0 Å². The first-order valence-electron chi connectivity index (χ1n) is 3.46. The minimum atomic E-state index is -0.196. The summed E-state index contributed by atoms with van der Waals surface area (Å²) in [7, 11) is 0. The van der Waals surface area contributed by atoms with Gasteiger partial charge in [0.25, 0.3) is 0 Å². The Labute approximate surface area is 85.6 Å². The summed E-state index contributed by atoms with van der Waals surface area (Å²) in [6.07, 6.45) is 5.29. The van der Waals surface area contributed by atoms with Crippen LogP contribution in [0.25, 0.3) is 0 Å². The van der Waals surface area contributed by atoms with Crippen LogP contribution in [-0.4, -0.2) is 0 Å². The van der Waals surface area contributed by atoms with E-state index in [1.807, 2.05) is 24.3 Å². The summed E-state index contributed by atoms with van der Waals surface area (Å²) in [4.78, 5) is 0.